The summed E-state index contributed by atoms with van der Waals surface area (Å²) >= 11 is 6.24. The van der Waals surface area contributed by atoms with E-state index in [1.807, 2.05) is 54.6 Å². The summed E-state index contributed by atoms with van der Waals surface area (Å²) in [6.45, 7) is 0.435. The van der Waals surface area contributed by atoms with Crippen LogP contribution < -0.4 is 4.74 Å². The maximum absolute atomic E-state index is 14.1. The lowest BCUT2D eigenvalue weighted by Gasteiger charge is -2.12. The Morgan fingerprint density at radius 3 is 2.58 bits per heavy atom. The van der Waals surface area contributed by atoms with E-state index < -0.39 is 11.6 Å². The number of pyridine rings is 1. The van der Waals surface area contributed by atoms with E-state index >= 15 is 0 Å². The molecule has 0 atom stereocenters. The molecule has 1 N–H and O–H groups in total. The van der Waals surface area contributed by atoms with Crippen LogP contribution in [0.4, 0.5) is 8.78 Å². The molecule has 33 heavy (non-hydrogen) atoms. The second-order valence-corrected chi connectivity index (χ2v) is 8.00. The fraction of sp³-hybridized carbons (Fsp3) is 0.0769. The van der Waals surface area contributed by atoms with Gasteiger partial charge in [-0.05, 0) is 48.0 Å². The number of aromatic amines is 1. The van der Waals surface area contributed by atoms with Crippen LogP contribution >= 0.6 is 11.6 Å². The van der Waals surface area contributed by atoms with Crippen LogP contribution in [0.3, 0.4) is 0 Å². The molecule has 0 saturated carbocycles. The second-order valence-electron chi connectivity index (χ2n) is 7.56. The highest BCUT2D eigenvalue weighted by Crippen LogP contribution is 2.27. The SMILES string of the molecule is Fc1ccc2[nH]c(-c3cccc(Cc4cc(Cl)ccc4OCc4ccccc4)n3)nc2c1F. The third kappa shape index (κ3) is 4.56. The number of hydrogen-bond acceptors (Lipinski definition) is 3. The molecular formula is C26H18ClF2N3O. The molecule has 4 nitrogen and oxygen atoms in total. The molecule has 5 aromatic rings. The Labute approximate surface area is 193 Å². The average Bonchev–Trinajstić information content (AvgIpc) is 3.27. The summed E-state index contributed by atoms with van der Waals surface area (Å²) in [7, 11) is 0. The topological polar surface area (TPSA) is 50.8 Å². The number of imidazole rings is 1. The number of benzene rings is 3. The fourth-order valence-corrected chi connectivity index (χ4v) is 3.80. The van der Waals surface area contributed by atoms with Gasteiger partial charge in [0.2, 0.25) is 0 Å². The Balaban J connectivity index is 1.42. The predicted molar refractivity (Wildman–Crippen MR) is 124 cm³/mol. The quantitative estimate of drug-likeness (QED) is 0.305. The highest BCUT2D eigenvalue weighted by Gasteiger charge is 2.14. The molecule has 5 rings (SSSR count). The largest absolute Gasteiger partial charge is 0.489 e. The lowest BCUT2D eigenvalue weighted by molar-refractivity contribution is 0.303. The molecule has 0 spiro atoms. The van der Waals surface area contributed by atoms with Gasteiger partial charge in [0, 0.05) is 22.7 Å². The second kappa shape index (κ2) is 9.00. The highest BCUT2D eigenvalue weighted by molar-refractivity contribution is 6.30. The van der Waals surface area contributed by atoms with Gasteiger partial charge in [0.25, 0.3) is 0 Å². The minimum Gasteiger partial charge on any atom is -0.489 e. The Morgan fingerprint density at radius 2 is 1.73 bits per heavy atom. The molecule has 0 aliphatic heterocycles. The summed E-state index contributed by atoms with van der Waals surface area (Å²) in [5.41, 5.74) is 3.59. The molecule has 0 saturated heterocycles. The highest BCUT2D eigenvalue weighted by atomic mass is 35.5. The van der Waals surface area contributed by atoms with Gasteiger partial charge in [-0.15, -0.1) is 0 Å². The third-order valence-electron chi connectivity index (χ3n) is 5.23. The van der Waals surface area contributed by atoms with Gasteiger partial charge in [0.1, 0.15) is 23.6 Å². The van der Waals surface area contributed by atoms with E-state index in [-0.39, 0.29) is 5.52 Å². The smallest absolute Gasteiger partial charge is 0.186 e. The summed E-state index contributed by atoms with van der Waals surface area (Å²) in [5.74, 6) is -0.837. The van der Waals surface area contributed by atoms with E-state index in [0.717, 1.165) is 28.6 Å². The molecule has 0 aliphatic rings. The van der Waals surface area contributed by atoms with Gasteiger partial charge >= 0.3 is 0 Å². The maximum atomic E-state index is 14.1. The molecule has 3 aromatic carbocycles. The van der Waals surface area contributed by atoms with Gasteiger partial charge < -0.3 is 9.72 Å². The first-order chi connectivity index (χ1) is 16.1. The van der Waals surface area contributed by atoms with Crippen LogP contribution in [-0.4, -0.2) is 15.0 Å². The number of rotatable bonds is 6. The summed E-state index contributed by atoms with van der Waals surface area (Å²) in [6.07, 6.45) is 0.474. The first-order valence-electron chi connectivity index (χ1n) is 10.3. The zero-order valence-corrected chi connectivity index (χ0v) is 18.1. The Bertz CT molecular complexity index is 1440. The third-order valence-corrected chi connectivity index (χ3v) is 5.46. The molecule has 0 fully saturated rings. The maximum Gasteiger partial charge on any atom is 0.186 e. The molecule has 0 bridgehead atoms. The van der Waals surface area contributed by atoms with E-state index in [2.05, 4.69) is 15.0 Å². The van der Waals surface area contributed by atoms with E-state index in [0.29, 0.717) is 35.1 Å². The Kier molecular flexibility index (Phi) is 5.75. The Hall–Kier alpha value is -3.77. The van der Waals surface area contributed by atoms with Crippen LogP contribution in [0.2, 0.25) is 5.02 Å². The van der Waals surface area contributed by atoms with Gasteiger partial charge in [-0.2, -0.15) is 0 Å². The number of hydrogen-bond donors (Lipinski definition) is 1. The fourth-order valence-electron chi connectivity index (χ4n) is 3.61. The van der Waals surface area contributed by atoms with Crippen molar-refractivity contribution in [3.8, 4) is 17.3 Å². The first kappa shape index (κ1) is 21.1. The zero-order chi connectivity index (χ0) is 22.8. The molecule has 2 aromatic heterocycles. The minimum absolute atomic E-state index is 0.0522. The van der Waals surface area contributed by atoms with Crippen molar-refractivity contribution in [3.63, 3.8) is 0 Å². The number of fused-ring (bicyclic) bond motifs is 1. The summed E-state index contributed by atoms with van der Waals surface area (Å²) in [4.78, 5) is 11.9. The molecule has 0 amide bonds. The van der Waals surface area contributed by atoms with E-state index in [1.165, 1.54) is 6.07 Å². The predicted octanol–water partition coefficient (Wildman–Crippen LogP) is 6.73. The lowest BCUT2D eigenvalue weighted by atomic mass is 10.1. The Morgan fingerprint density at radius 1 is 0.879 bits per heavy atom. The lowest BCUT2D eigenvalue weighted by Crippen LogP contribution is -2.01. The van der Waals surface area contributed by atoms with Gasteiger partial charge in [-0.3, -0.25) is 0 Å². The number of ether oxygens (including phenoxy) is 1. The van der Waals surface area contributed by atoms with Crippen molar-refractivity contribution < 1.29 is 13.5 Å². The molecule has 2 heterocycles. The van der Waals surface area contributed by atoms with Gasteiger partial charge in [0.05, 0.1) is 5.52 Å². The number of nitrogens with one attached hydrogen (secondary N) is 1. The standard InChI is InChI=1S/C26H18ClF2N3O/c27-18-9-12-23(33-15-16-5-2-1-3-6-16)17(13-18)14-19-7-4-8-22(30-19)26-31-21-11-10-20(28)24(29)25(21)32-26/h1-13H,14-15H2,(H,31,32). The van der Waals surface area contributed by atoms with E-state index in [4.69, 9.17) is 16.3 Å². The van der Waals surface area contributed by atoms with E-state index in [1.54, 1.807) is 12.1 Å². The van der Waals surface area contributed by atoms with Crippen molar-refractivity contribution >= 4 is 22.6 Å². The van der Waals surface area contributed by atoms with Crippen molar-refractivity contribution in [2.75, 3.05) is 0 Å². The van der Waals surface area contributed by atoms with Gasteiger partial charge in [0.15, 0.2) is 17.5 Å². The summed E-state index contributed by atoms with van der Waals surface area (Å²) in [6, 6.07) is 23.4. The van der Waals surface area contributed by atoms with Crippen LogP contribution in [0.15, 0.2) is 78.9 Å². The molecule has 164 valence electrons. The first-order valence-corrected chi connectivity index (χ1v) is 10.7. The number of H-pyrrole nitrogens is 1. The molecule has 7 heteroatoms. The van der Waals surface area contributed by atoms with Crippen molar-refractivity contribution in [2.24, 2.45) is 0 Å². The van der Waals surface area contributed by atoms with Gasteiger partial charge in [-0.25, -0.2) is 18.7 Å². The van der Waals surface area contributed by atoms with Crippen molar-refractivity contribution in [1.82, 2.24) is 15.0 Å². The van der Waals surface area contributed by atoms with Crippen molar-refractivity contribution in [2.45, 2.75) is 13.0 Å². The molecule has 0 aliphatic carbocycles. The average molecular weight is 462 g/mol. The van der Waals surface area contributed by atoms with E-state index in [9.17, 15) is 8.78 Å². The van der Waals surface area contributed by atoms with Crippen molar-refractivity contribution in [1.29, 1.82) is 0 Å². The van der Waals surface area contributed by atoms with Gasteiger partial charge in [-0.1, -0.05) is 48.0 Å². The monoisotopic (exact) mass is 461 g/mol. The zero-order valence-electron chi connectivity index (χ0n) is 17.4. The molecule has 0 radical (unpaired) electrons. The molecule has 0 unspecified atom stereocenters. The van der Waals surface area contributed by atoms with Crippen LogP contribution in [0.25, 0.3) is 22.6 Å². The van der Waals surface area contributed by atoms with Crippen LogP contribution in [0, 0.1) is 11.6 Å². The van der Waals surface area contributed by atoms with Crippen LogP contribution in [0.5, 0.6) is 5.75 Å². The van der Waals surface area contributed by atoms with Crippen molar-refractivity contribution in [3.05, 3.63) is 112 Å². The molecular weight excluding hydrogens is 444 g/mol. The summed E-state index contributed by atoms with van der Waals surface area (Å²) < 4.78 is 33.7. The number of nitrogens with zero attached hydrogens (tertiary/aromatic N) is 2. The summed E-state index contributed by atoms with van der Waals surface area (Å²) in [5, 5.41) is 0.600. The normalized spacial score (nSPS) is 11.1. The minimum atomic E-state index is -0.981. The number of aromatic nitrogens is 3. The van der Waals surface area contributed by atoms with Crippen LogP contribution in [0.1, 0.15) is 16.8 Å². The van der Waals surface area contributed by atoms with Crippen LogP contribution in [-0.2, 0) is 13.0 Å². The number of halogens is 3.